The molecule has 7 nitrogen and oxygen atoms in total. The van der Waals surface area contributed by atoms with Crippen LogP contribution >= 0.6 is 0 Å². The molecule has 1 aliphatic rings. The van der Waals surface area contributed by atoms with Crippen LogP contribution in [-0.4, -0.2) is 43.8 Å². The Morgan fingerprint density at radius 3 is 2.65 bits per heavy atom. The Bertz CT molecular complexity index is 544. The fourth-order valence-corrected chi connectivity index (χ4v) is 2.28. The third-order valence-corrected chi connectivity index (χ3v) is 3.11. The zero-order chi connectivity index (χ0) is 15.1. The van der Waals surface area contributed by atoms with Gasteiger partial charge in [-0.2, -0.15) is 0 Å². The van der Waals surface area contributed by atoms with Crippen molar-refractivity contribution in [2.24, 2.45) is 7.05 Å². The van der Waals surface area contributed by atoms with Crippen molar-refractivity contribution in [3.05, 3.63) is 17.7 Å². The first-order valence-corrected chi connectivity index (χ1v) is 6.43. The van der Waals surface area contributed by atoms with Gasteiger partial charge in [-0.1, -0.05) is 0 Å². The number of carboxylic acids is 1. The molecule has 0 spiro atoms. The average Bonchev–Trinajstić information content (AvgIpc) is 2.67. The standard InChI is InChI=1S/C13H19N3O4/c1-13(2,3)20-12(19)16-6-5-8-9(10(16)11(17)18)14-7-15(8)4/h7,10H,5-6H2,1-4H3,(H,17,18). The van der Waals surface area contributed by atoms with Crippen LogP contribution in [0.1, 0.15) is 38.2 Å². The molecule has 2 heterocycles. The summed E-state index contributed by atoms with van der Waals surface area (Å²) in [7, 11) is 1.81. The second-order valence-electron chi connectivity index (χ2n) is 5.85. The Morgan fingerprint density at radius 2 is 2.10 bits per heavy atom. The van der Waals surface area contributed by atoms with Gasteiger partial charge in [0.15, 0.2) is 6.04 Å². The summed E-state index contributed by atoms with van der Waals surface area (Å²) in [5.41, 5.74) is 0.596. The zero-order valence-corrected chi connectivity index (χ0v) is 12.1. The Labute approximate surface area is 117 Å². The van der Waals surface area contributed by atoms with Crippen LogP contribution in [0.15, 0.2) is 6.33 Å². The zero-order valence-electron chi connectivity index (χ0n) is 12.1. The van der Waals surface area contributed by atoms with Gasteiger partial charge >= 0.3 is 12.1 Å². The number of aromatic nitrogens is 2. The summed E-state index contributed by atoms with van der Waals surface area (Å²) in [6.45, 7) is 5.54. The van der Waals surface area contributed by atoms with Gasteiger partial charge in [0.25, 0.3) is 0 Å². The van der Waals surface area contributed by atoms with Crippen molar-refractivity contribution in [2.45, 2.75) is 38.8 Å². The van der Waals surface area contributed by atoms with Crippen molar-refractivity contribution >= 4 is 12.1 Å². The molecule has 110 valence electrons. The molecule has 2 rings (SSSR count). The lowest BCUT2D eigenvalue weighted by molar-refractivity contribution is -0.144. The number of rotatable bonds is 1. The lowest BCUT2D eigenvalue weighted by Crippen LogP contribution is -2.46. The molecule has 0 saturated carbocycles. The van der Waals surface area contributed by atoms with Gasteiger partial charge in [-0.3, -0.25) is 4.90 Å². The minimum Gasteiger partial charge on any atom is -0.479 e. The molecule has 1 aromatic rings. The molecule has 1 amide bonds. The molecule has 0 radical (unpaired) electrons. The predicted octanol–water partition coefficient (Wildman–Crippen LogP) is 1.34. The van der Waals surface area contributed by atoms with E-state index in [1.165, 1.54) is 4.90 Å². The normalized spacial score (nSPS) is 18.6. The largest absolute Gasteiger partial charge is 0.479 e. The number of nitrogens with zero attached hydrogens (tertiary/aromatic N) is 3. The van der Waals surface area contributed by atoms with Crippen molar-refractivity contribution in [3.63, 3.8) is 0 Å². The van der Waals surface area contributed by atoms with Gasteiger partial charge in [-0.25, -0.2) is 14.6 Å². The molecule has 1 aromatic heterocycles. The molecule has 0 aliphatic carbocycles. The molecule has 1 N–H and O–H groups in total. The minimum atomic E-state index is -1.10. The van der Waals surface area contributed by atoms with E-state index in [0.717, 1.165) is 5.69 Å². The third kappa shape index (κ3) is 2.61. The van der Waals surface area contributed by atoms with Crippen LogP contribution in [0.5, 0.6) is 0 Å². The maximum atomic E-state index is 12.2. The number of ether oxygens (including phenoxy) is 1. The summed E-state index contributed by atoms with van der Waals surface area (Å²) < 4.78 is 7.06. The Hall–Kier alpha value is -2.05. The maximum Gasteiger partial charge on any atom is 0.411 e. The van der Waals surface area contributed by atoms with E-state index in [2.05, 4.69) is 4.98 Å². The number of imidazole rings is 1. The Morgan fingerprint density at radius 1 is 1.45 bits per heavy atom. The molecular weight excluding hydrogens is 262 g/mol. The summed E-state index contributed by atoms with van der Waals surface area (Å²) in [6, 6.07) is -1.09. The summed E-state index contributed by atoms with van der Waals surface area (Å²) in [5.74, 6) is -1.10. The van der Waals surface area contributed by atoms with E-state index in [9.17, 15) is 14.7 Å². The van der Waals surface area contributed by atoms with E-state index in [1.807, 2.05) is 7.05 Å². The SMILES string of the molecule is Cn1cnc2c1CCN(C(=O)OC(C)(C)C)C2C(=O)O. The molecule has 0 aromatic carbocycles. The Balaban J connectivity index is 2.32. The number of carboxylic acid groups (broad SMARTS) is 1. The summed E-state index contributed by atoms with van der Waals surface area (Å²) >= 11 is 0. The van der Waals surface area contributed by atoms with E-state index in [-0.39, 0.29) is 0 Å². The van der Waals surface area contributed by atoms with Crippen LogP contribution in [0.2, 0.25) is 0 Å². The van der Waals surface area contributed by atoms with E-state index in [1.54, 1.807) is 31.7 Å². The van der Waals surface area contributed by atoms with Crippen molar-refractivity contribution in [2.75, 3.05) is 6.54 Å². The lowest BCUT2D eigenvalue weighted by Gasteiger charge is -2.34. The van der Waals surface area contributed by atoms with Crippen LogP contribution in [0.4, 0.5) is 4.79 Å². The number of carbonyl (C=O) groups excluding carboxylic acids is 1. The maximum absolute atomic E-state index is 12.2. The number of aliphatic carboxylic acids is 1. The highest BCUT2D eigenvalue weighted by Crippen LogP contribution is 2.29. The summed E-state index contributed by atoms with van der Waals surface area (Å²) in [6.07, 6.45) is 1.51. The first-order chi connectivity index (χ1) is 9.20. The average molecular weight is 281 g/mol. The van der Waals surface area contributed by atoms with Crippen LogP contribution < -0.4 is 0 Å². The Kier molecular flexibility index (Phi) is 3.45. The van der Waals surface area contributed by atoms with Gasteiger partial charge in [0.2, 0.25) is 0 Å². The molecule has 20 heavy (non-hydrogen) atoms. The molecule has 0 saturated heterocycles. The highest BCUT2D eigenvalue weighted by atomic mass is 16.6. The fourth-order valence-electron chi connectivity index (χ4n) is 2.28. The van der Waals surface area contributed by atoms with E-state index in [0.29, 0.717) is 18.7 Å². The van der Waals surface area contributed by atoms with Gasteiger partial charge in [0.05, 0.1) is 12.0 Å². The first-order valence-electron chi connectivity index (χ1n) is 6.43. The van der Waals surface area contributed by atoms with E-state index >= 15 is 0 Å². The van der Waals surface area contributed by atoms with Gasteiger partial charge in [0.1, 0.15) is 5.60 Å². The third-order valence-electron chi connectivity index (χ3n) is 3.11. The van der Waals surface area contributed by atoms with Crippen LogP contribution in [0.25, 0.3) is 0 Å². The number of fused-ring (bicyclic) bond motifs is 1. The van der Waals surface area contributed by atoms with Crippen molar-refractivity contribution in [1.29, 1.82) is 0 Å². The van der Waals surface area contributed by atoms with Gasteiger partial charge < -0.3 is 14.4 Å². The minimum absolute atomic E-state index is 0.304. The molecular formula is C13H19N3O4. The van der Waals surface area contributed by atoms with Gasteiger partial charge in [-0.15, -0.1) is 0 Å². The number of hydrogen-bond acceptors (Lipinski definition) is 4. The number of aryl methyl sites for hydroxylation is 1. The second-order valence-corrected chi connectivity index (χ2v) is 5.85. The number of carbonyl (C=O) groups is 2. The van der Waals surface area contributed by atoms with Gasteiger partial charge in [0, 0.05) is 25.7 Å². The van der Waals surface area contributed by atoms with Crippen molar-refractivity contribution in [3.8, 4) is 0 Å². The first kappa shape index (κ1) is 14.4. The topological polar surface area (TPSA) is 84.7 Å². The predicted molar refractivity (Wildman–Crippen MR) is 70.2 cm³/mol. The van der Waals surface area contributed by atoms with Gasteiger partial charge in [-0.05, 0) is 20.8 Å². The number of hydrogen-bond donors (Lipinski definition) is 1. The molecule has 1 unspecified atom stereocenters. The fraction of sp³-hybridized carbons (Fsp3) is 0.615. The van der Waals surface area contributed by atoms with Crippen molar-refractivity contribution < 1.29 is 19.4 Å². The monoisotopic (exact) mass is 281 g/mol. The molecule has 0 fully saturated rings. The second kappa shape index (κ2) is 4.81. The molecule has 1 atom stereocenters. The van der Waals surface area contributed by atoms with E-state index in [4.69, 9.17) is 4.74 Å². The quantitative estimate of drug-likeness (QED) is 0.839. The summed E-state index contributed by atoms with van der Waals surface area (Å²) in [4.78, 5) is 29.0. The highest BCUT2D eigenvalue weighted by Gasteiger charge is 2.40. The summed E-state index contributed by atoms with van der Waals surface area (Å²) in [5, 5.41) is 9.41. The van der Waals surface area contributed by atoms with E-state index < -0.39 is 23.7 Å². The number of amides is 1. The molecule has 7 heteroatoms. The highest BCUT2D eigenvalue weighted by molar-refractivity contribution is 5.82. The van der Waals surface area contributed by atoms with Crippen molar-refractivity contribution in [1.82, 2.24) is 14.5 Å². The molecule has 0 bridgehead atoms. The van der Waals surface area contributed by atoms with Crippen LogP contribution in [0.3, 0.4) is 0 Å². The molecule has 1 aliphatic heterocycles. The lowest BCUT2D eigenvalue weighted by atomic mass is 10.0. The van der Waals surface area contributed by atoms with Crippen LogP contribution in [0, 0.1) is 0 Å². The van der Waals surface area contributed by atoms with Crippen LogP contribution in [-0.2, 0) is 23.0 Å². The smallest absolute Gasteiger partial charge is 0.411 e.